The standard InChI is InChI=1S/C24H21F3N4O3S/c25-24(26,27)18-9-5-4-8-17(18)22(34)31-12-10-30(11-13-31)21(33)14-20(32)29-23-28-19(15-35-23)16-6-2-1-3-7-16/h1-9,15H,10-14H2,(H,28,29,32). The lowest BCUT2D eigenvalue weighted by Gasteiger charge is -2.35. The van der Waals surface area contributed by atoms with Gasteiger partial charge in [-0.1, -0.05) is 42.5 Å². The maximum absolute atomic E-state index is 13.2. The van der Waals surface area contributed by atoms with E-state index in [4.69, 9.17) is 0 Å². The molecule has 0 unspecified atom stereocenters. The minimum atomic E-state index is -4.64. The number of piperazine rings is 1. The summed E-state index contributed by atoms with van der Waals surface area (Å²) in [7, 11) is 0. The molecule has 0 atom stereocenters. The van der Waals surface area contributed by atoms with Crippen molar-refractivity contribution in [2.45, 2.75) is 12.6 Å². The van der Waals surface area contributed by atoms with Crippen molar-refractivity contribution in [1.29, 1.82) is 0 Å². The van der Waals surface area contributed by atoms with E-state index in [1.807, 2.05) is 30.3 Å². The highest BCUT2D eigenvalue weighted by atomic mass is 32.1. The predicted molar refractivity (Wildman–Crippen MR) is 125 cm³/mol. The van der Waals surface area contributed by atoms with Crippen LogP contribution in [0.15, 0.2) is 60.0 Å². The Balaban J connectivity index is 1.29. The Morgan fingerprint density at radius 3 is 2.23 bits per heavy atom. The lowest BCUT2D eigenvalue weighted by Crippen LogP contribution is -2.51. The van der Waals surface area contributed by atoms with Crippen LogP contribution in [0.4, 0.5) is 18.3 Å². The zero-order valence-electron chi connectivity index (χ0n) is 18.4. The van der Waals surface area contributed by atoms with Gasteiger partial charge in [0.1, 0.15) is 6.42 Å². The van der Waals surface area contributed by atoms with Gasteiger partial charge in [0, 0.05) is 37.1 Å². The monoisotopic (exact) mass is 502 g/mol. The molecule has 0 saturated carbocycles. The van der Waals surface area contributed by atoms with Crippen molar-refractivity contribution in [2.75, 3.05) is 31.5 Å². The summed E-state index contributed by atoms with van der Waals surface area (Å²) in [6.45, 7) is 0.402. The molecule has 3 amide bonds. The third-order valence-electron chi connectivity index (χ3n) is 5.51. The molecule has 0 spiro atoms. The predicted octanol–water partition coefficient (Wildman–Crippen LogP) is 4.14. The molecule has 4 rings (SSSR count). The van der Waals surface area contributed by atoms with E-state index in [0.717, 1.165) is 17.7 Å². The largest absolute Gasteiger partial charge is 0.417 e. The summed E-state index contributed by atoms with van der Waals surface area (Å²) >= 11 is 1.25. The number of thiazole rings is 1. The van der Waals surface area contributed by atoms with Crippen LogP contribution < -0.4 is 5.32 Å². The summed E-state index contributed by atoms with van der Waals surface area (Å²) < 4.78 is 39.7. The molecule has 1 fully saturated rings. The molecule has 182 valence electrons. The van der Waals surface area contributed by atoms with Gasteiger partial charge in [-0.3, -0.25) is 14.4 Å². The lowest BCUT2D eigenvalue weighted by molar-refractivity contribution is -0.138. The quantitative estimate of drug-likeness (QED) is 0.532. The molecule has 7 nitrogen and oxygen atoms in total. The minimum Gasteiger partial charge on any atom is -0.339 e. The molecule has 1 aromatic heterocycles. The average molecular weight is 503 g/mol. The summed E-state index contributed by atoms with van der Waals surface area (Å²) in [6, 6.07) is 14.1. The van der Waals surface area contributed by atoms with Gasteiger partial charge in [0.25, 0.3) is 5.91 Å². The van der Waals surface area contributed by atoms with Crippen molar-refractivity contribution in [1.82, 2.24) is 14.8 Å². The van der Waals surface area contributed by atoms with E-state index in [0.29, 0.717) is 10.8 Å². The van der Waals surface area contributed by atoms with Crippen LogP contribution in [0.2, 0.25) is 0 Å². The number of carbonyl (C=O) groups is 3. The van der Waals surface area contributed by atoms with E-state index in [9.17, 15) is 27.6 Å². The highest BCUT2D eigenvalue weighted by Gasteiger charge is 2.36. The summed E-state index contributed by atoms with van der Waals surface area (Å²) in [5, 5.41) is 4.80. The van der Waals surface area contributed by atoms with Crippen molar-refractivity contribution >= 4 is 34.2 Å². The zero-order valence-corrected chi connectivity index (χ0v) is 19.2. The highest BCUT2D eigenvalue weighted by Crippen LogP contribution is 2.32. The van der Waals surface area contributed by atoms with Crippen LogP contribution >= 0.6 is 11.3 Å². The van der Waals surface area contributed by atoms with Crippen molar-refractivity contribution in [3.05, 3.63) is 71.1 Å². The van der Waals surface area contributed by atoms with E-state index >= 15 is 0 Å². The van der Waals surface area contributed by atoms with Gasteiger partial charge in [0.15, 0.2) is 5.13 Å². The van der Waals surface area contributed by atoms with Crippen LogP contribution in [0.3, 0.4) is 0 Å². The van der Waals surface area contributed by atoms with Gasteiger partial charge >= 0.3 is 6.18 Å². The highest BCUT2D eigenvalue weighted by molar-refractivity contribution is 7.14. The molecule has 1 aliphatic heterocycles. The van der Waals surface area contributed by atoms with Crippen LogP contribution in [0.25, 0.3) is 11.3 Å². The van der Waals surface area contributed by atoms with E-state index in [-0.39, 0.29) is 26.2 Å². The number of carbonyl (C=O) groups excluding carboxylic acids is 3. The zero-order chi connectivity index (χ0) is 25.0. The first kappa shape index (κ1) is 24.4. The van der Waals surface area contributed by atoms with Gasteiger partial charge in [-0.25, -0.2) is 4.98 Å². The maximum Gasteiger partial charge on any atom is 0.417 e. The van der Waals surface area contributed by atoms with Crippen molar-refractivity contribution in [3.8, 4) is 11.3 Å². The van der Waals surface area contributed by atoms with E-state index in [2.05, 4.69) is 10.3 Å². The smallest absolute Gasteiger partial charge is 0.339 e. The molecular weight excluding hydrogens is 481 g/mol. The van der Waals surface area contributed by atoms with Crippen LogP contribution in [0.1, 0.15) is 22.3 Å². The Bertz CT molecular complexity index is 1220. The normalized spacial score (nSPS) is 14.0. The summed E-state index contributed by atoms with van der Waals surface area (Å²) in [4.78, 5) is 44.6. The van der Waals surface area contributed by atoms with Crippen molar-refractivity contribution in [3.63, 3.8) is 0 Å². The van der Waals surface area contributed by atoms with Crippen molar-refractivity contribution < 1.29 is 27.6 Å². The van der Waals surface area contributed by atoms with E-state index < -0.39 is 41.4 Å². The van der Waals surface area contributed by atoms with Crippen LogP contribution in [0.5, 0.6) is 0 Å². The molecule has 0 bridgehead atoms. The Hall–Kier alpha value is -3.73. The number of nitrogens with one attached hydrogen (secondary N) is 1. The number of benzene rings is 2. The molecule has 2 aromatic carbocycles. The second-order valence-corrected chi connectivity index (χ2v) is 8.70. The maximum atomic E-state index is 13.2. The molecule has 2 heterocycles. The first-order valence-electron chi connectivity index (χ1n) is 10.8. The fourth-order valence-corrected chi connectivity index (χ4v) is 4.47. The van der Waals surface area contributed by atoms with Gasteiger partial charge in [-0.05, 0) is 12.1 Å². The fourth-order valence-electron chi connectivity index (χ4n) is 3.73. The van der Waals surface area contributed by atoms with Crippen molar-refractivity contribution in [2.24, 2.45) is 0 Å². The number of anilines is 1. The number of halogens is 3. The third kappa shape index (κ3) is 5.86. The molecule has 1 saturated heterocycles. The summed E-state index contributed by atoms with van der Waals surface area (Å²) in [5.41, 5.74) is 0.214. The van der Waals surface area contributed by atoms with Gasteiger partial charge in [-0.2, -0.15) is 13.2 Å². The lowest BCUT2D eigenvalue weighted by atomic mass is 10.1. The molecule has 11 heteroatoms. The number of alkyl halides is 3. The SMILES string of the molecule is O=C(CC(=O)N1CCN(C(=O)c2ccccc2C(F)(F)F)CC1)Nc1nc(-c2ccccc2)cs1. The summed E-state index contributed by atoms with van der Waals surface area (Å²) in [6.07, 6.45) is -5.04. The number of hydrogen-bond acceptors (Lipinski definition) is 5. The second kappa shape index (κ2) is 10.3. The van der Waals surface area contributed by atoms with Crippen LogP contribution in [-0.4, -0.2) is 58.7 Å². The molecule has 0 aliphatic carbocycles. The number of hydrogen-bond donors (Lipinski definition) is 1. The van der Waals surface area contributed by atoms with E-state index in [1.165, 1.54) is 33.3 Å². The molecular formula is C24H21F3N4O3S. The number of nitrogens with zero attached hydrogens (tertiary/aromatic N) is 3. The first-order chi connectivity index (χ1) is 16.7. The number of amides is 3. The molecule has 35 heavy (non-hydrogen) atoms. The first-order valence-corrected chi connectivity index (χ1v) is 11.6. The number of aromatic nitrogens is 1. The Kier molecular flexibility index (Phi) is 7.15. The Morgan fingerprint density at radius 2 is 1.54 bits per heavy atom. The second-order valence-electron chi connectivity index (χ2n) is 7.85. The molecule has 1 aliphatic rings. The van der Waals surface area contributed by atoms with Gasteiger partial charge in [-0.15, -0.1) is 11.3 Å². The summed E-state index contributed by atoms with van der Waals surface area (Å²) in [5.74, 6) is -1.67. The number of rotatable bonds is 5. The third-order valence-corrected chi connectivity index (χ3v) is 6.27. The van der Waals surface area contributed by atoms with Gasteiger partial charge < -0.3 is 15.1 Å². The van der Waals surface area contributed by atoms with E-state index in [1.54, 1.807) is 5.38 Å². The molecule has 0 radical (unpaired) electrons. The van der Waals surface area contributed by atoms with Crippen LogP contribution in [0, 0.1) is 0 Å². The Morgan fingerprint density at radius 1 is 0.914 bits per heavy atom. The fraction of sp³-hybridized carbons (Fsp3) is 0.250. The van der Waals surface area contributed by atoms with Gasteiger partial charge in [0.2, 0.25) is 11.8 Å². The molecule has 1 N–H and O–H groups in total. The van der Waals surface area contributed by atoms with Crippen LogP contribution in [-0.2, 0) is 15.8 Å². The minimum absolute atomic E-state index is 0.0747. The topological polar surface area (TPSA) is 82.6 Å². The average Bonchev–Trinajstić information content (AvgIpc) is 3.32. The molecule has 3 aromatic rings. The van der Waals surface area contributed by atoms with Gasteiger partial charge in [0.05, 0.1) is 16.8 Å². The Labute approximate surface area is 203 Å².